The minimum Gasteiger partial charge on any atom is -0.354 e. The SMILES string of the molecule is CNC(=O)/C(C#N)=C1\SC(Cc2ccc(Cl)cc2Cl)C(=O)N1c1ccc(C(C)C)cc1. The van der Waals surface area contributed by atoms with Gasteiger partial charge in [-0.3, -0.25) is 14.5 Å². The molecule has 0 bridgehead atoms. The first-order chi connectivity index (χ1) is 14.8. The number of halogens is 2. The van der Waals surface area contributed by atoms with Gasteiger partial charge in [-0.1, -0.05) is 67.0 Å². The summed E-state index contributed by atoms with van der Waals surface area (Å²) in [6, 6.07) is 14.7. The standard InChI is InChI=1S/C23H21Cl2N3O2S/c1-13(2)14-5-8-17(9-6-14)28-22(30)20(10-15-4-7-16(24)11-19(15)25)31-23(28)18(12-26)21(29)27-3/h4-9,11,13,20H,10H2,1-3H3,(H,27,29)/b23-18-. The van der Waals surface area contributed by atoms with Gasteiger partial charge in [0.05, 0.1) is 5.25 Å². The molecule has 0 radical (unpaired) electrons. The molecular formula is C23H21Cl2N3O2S. The van der Waals surface area contributed by atoms with Crippen molar-refractivity contribution in [1.29, 1.82) is 5.26 Å². The van der Waals surface area contributed by atoms with Gasteiger partial charge in [0.2, 0.25) is 5.91 Å². The van der Waals surface area contributed by atoms with E-state index >= 15 is 0 Å². The summed E-state index contributed by atoms with van der Waals surface area (Å²) in [5.41, 5.74) is 2.41. The van der Waals surface area contributed by atoms with Crippen molar-refractivity contribution in [1.82, 2.24) is 5.32 Å². The van der Waals surface area contributed by atoms with E-state index in [0.717, 1.165) is 11.1 Å². The fourth-order valence-corrected chi connectivity index (χ4v) is 5.02. The summed E-state index contributed by atoms with van der Waals surface area (Å²) in [6.07, 6.45) is 0.343. The lowest BCUT2D eigenvalue weighted by atomic mass is 10.0. The van der Waals surface area contributed by atoms with Gasteiger partial charge >= 0.3 is 0 Å². The van der Waals surface area contributed by atoms with Gasteiger partial charge in [0.15, 0.2) is 0 Å². The molecule has 2 aromatic rings. The Morgan fingerprint density at radius 3 is 2.45 bits per heavy atom. The quantitative estimate of drug-likeness (QED) is 0.472. The Bertz CT molecular complexity index is 1090. The predicted octanol–water partition coefficient (Wildman–Crippen LogP) is 5.29. The van der Waals surface area contributed by atoms with Crippen LogP contribution in [0.4, 0.5) is 5.69 Å². The minimum absolute atomic E-state index is 0.0986. The van der Waals surface area contributed by atoms with Crippen LogP contribution in [0.15, 0.2) is 53.1 Å². The normalized spacial score (nSPS) is 17.6. The van der Waals surface area contributed by atoms with E-state index in [1.807, 2.05) is 30.3 Å². The number of nitriles is 1. The molecule has 160 valence electrons. The minimum atomic E-state index is -0.536. The number of nitrogens with one attached hydrogen (secondary N) is 1. The maximum absolute atomic E-state index is 13.4. The second kappa shape index (κ2) is 9.78. The van der Waals surface area contributed by atoms with Crippen LogP contribution in [-0.2, 0) is 16.0 Å². The zero-order chi connectivity index (χ0) is 22.7. The third kappa shape index (κ3) is 4.90. The fraction of sp³-hybridized carbons (Fsp3) is 0.261. The van der Waals surface area contributed by atoms with Crippen LogP contribution >= 0.6 is 35.0 Å². The van der Waals surface area contributed by atoms with Crippen LogP contribution in [0.5, 0.6) is 0 Å². The molecule has 2 amide bonds. The number of benzene rings is 2. The fourth-order valence-electron chi connectivity index (χ4n) is 3.24. The van der Waals surface area contributed by atoms with Crippen molar-refractivity contribution < 1.29 is 9.59 Å². The lowest BCUT2D eigenvalue weighted by molar-refractivity contribution is -0.117. The molecule has 0 saturated carbocycles. The highest BCUT2D eigenvalue weighted by Crippen LogP contribution is 2.42. The molecule has 1 heterocycles. The van der Waals surface area contributed by atoms with Gasteiger partial charge in [-0.25, -0.2) is 0 Å². The van der Waals surface area contributed by atoms with E-state index in [4.69, 9.17) is 23.2 Å². The molecule has 8 heteroatoms. The highest BCUT2D eigenvalue weighted by molar-refractivity contribution is 8.05. The van der Waals surface area contributed by atoms with Crippen LogP contribution in [0, 0.1) is 11.3 Å². The van der Waals surface area contributed by atoms with Crippen molar-refractivity contribution in [2.75, 3.05) is 11.9 Å². The molecule has 2 aromatic carbocycles. The van der Waals surface area contributed by atoms with E-state index in [1.165, 1.54) is 23.7 Å². The second-order valence-corrected chi connectivity index (χ2v) is 9.37. The van der Waals surface area contributed by atoms with Crippen molar-refractivity contribution in [3.63, 3.8) is 0 Å². The highest BCUT2D eigenvalue weighted by Gasteiger charge is 2.41. The average Bonchev–Trinajstić information content (AvgIpc) is 3.06. The maximum Gasteiger partial charge on any atom is 0.264 e. The van der Waals surface area contributed by atoms with E-state index in [0.29, 0.717) is 33.1 Å². The number of anilines is 1. The molecule has 1 N–H and O–H groups in total. The Morgan fingerprint density at radius 2 is 1.90 bits per heavy atom. The smallest absolute Gasteiger partial charge is 0.264 e. The predicted molar refractivity (Wildman–Crippen MR) is 126 cm³/mol. The van der Waals surface area contributed by atoms with E-state index in [1.54, 1.807) is 18.2 Å². The first-order valence-corrected chi connectivity index (χ1v) is 11.3. The molecule has 5 nitrogen and oxygen atoms in total. The average molecular weight is 474 g/mol. The van der Waals surface area contributed by atoms with E-state index in [-0.39, 0.29) is 11.5 Å². The summed E-state index contributed by atoms with van der Waals surface area (Å²) in [5.74, 6) is -0.403. The molecule has 3 rings (SSSR count). The van der Waals surface area contributed by atoms with Gasteiger partial charge in [0.25, 0.3) is 5.91 Å². The topological polar surface area (TPSA) is 73.2 Å². The summed E-state index contributed by atoms with van der Waals surface area (Å²) >= 11 is 13.5. The molecule has 1 unspecified atom stereocenters. The van der Waals surface area contributed by atoms with Crippen LogP contribution in [-0.4, -0.2) is 24.1 Å². The molecule has 1 fully saturated rings. The molecule has 1 atom stereocenters. The van der Waals surface area contributed by atoms with Crippen molar-refractivity contribution in [2.24, 2.45) is 0 Å². The maximum atomic E-state index is 13.4. The molecule has 1 aliphatic rings. The molecule has 31 heavy (non-hydrogen) atoms. The number of carbonyl (C=O) groups is 2. The first kappa shape index (κ1) is 23.2. The highest BCUT2D eigenvalue weighted by atomic mass is 35.5. The van der Waals surface area contributed by atoms with E-state index in [9.17, 15) is 14.9 Å². The third-order valence-corrected chi connectivity index (χ3v) is 6.82. The number of likely N-dealkylation sites (N-methyl/N-ethyl adjacent to an activating group) is 1. The van der Waals surface area contributed by atoms with Gasteiger partial charge < -0.3 is 5.32 Å². The molecule has 1 saturated heterocycles. The van der Waals surface area contributed by atoms with Crippen molar-refractivity contribution in [3.8, 4) is 6.07 Å². The van der Waals surface area contributed by atoms with E-state index < -0.39 is 11.2 Å². The van der Waals surface area contributed by atoms with Gasteiger partial charge in [0.1, 0.15) is 16.7 Å². The number of thioether (sulfide) groups is 1. The lowest BCUT2D eigenvalue weighted by Gasteiger charge is -2.19. The third-order valence-electron chi connectivity index (χ3n) is 4.97. The number of nitrogens with zero attached hydrogens (tertiary/aromatic N) is 2. The van der Waals surface area contributed by atoms with Crippen LogP contribution in [0.25, 0.3) is 0 Å². The lowest BCUT2D eigenvalue weighted by Crippen LogP contribution is -2.31. The van der Waals surface area contributed by atoms with Gasteiger partial charge in [0, 0.05) is 22.8 Å². The summed E-state index contributed by atoms with van der Waals surface area (Å²) in [4.78, 5) is 27.2. The largest absolute Gasteiger partial charge is 0.354 e. The monoisotopic (exact) mass is 473 g/mol. The number of hydrogen-bond acceptors (Lipinski definition) is 4. The first-order valence-electron chi connectivity index (χ1n) is 9.67. The van der Waals surface area contributed by atoms with Crippen LogP contribution in [0.1, 0.15) is 30.9 Å². The van der Waals surface area contributed by atoms with Crippen LogP contribution in [0.3, 0.4) is 0 Å². The van der Waals surface area contributed by atoms with Crippen molar-refractivity contribution in [3.05, 3.63) is 74.2 Å². The second-order valence-electron chi connectivity index (χ2n) is 7.34. The Morgan fingerprint density at radius 1 is 1.23 bits per heavy atom. The number of hydrogen-bond donors (Lipinski definition) is 1. The van der Waals surface area contributed by atoms with Crippen molar-refractivity contribution in [2.45, 2.75) is 31.4 Å². The van der Waals surface area contributed by atoms with Gasteiger partial charge in [-0.2, -0.15) is 5.26 Å². The Kier molecular flexibility index (Phi) is 7.32. The zero-order valence-corrected chi connectivity index (χ0v) is 19.6. The summed E-state index contributed by atoms with van der Waals surface area (Å²) in [7, 11) is 1.45. The summed E-state index contributed by atoms with van der Waals surface area (Å²) in [6.45, 7) is 4.17. The van der Waals surface area contributed by atoms with E-state index in [2.05, 4.69) is 19.2 Å². The summed E-state index contributed by atoms with van der Waals surface area (Å²) < 4.78 is 0. The van der Waals surface area contributed by atoms with Gasteiger partial charge in [-0.05, 0) is 47.7 Å². The zero-order valence-electron chi connectivity index (χ0n) is 17.3. The Hall–Kier alpha value is -2.46. The number of rotatable bonds is 5. The molecule has 0 aromatic heterocycles. The van der Waals surface area contributed by atoms with Crippen LogP contribution < -0.4 is 10.2 Å². The molecule has 0 spiro atoms. The Labute approximate surface area is 196 Å². The number of carbonyl (C=O) groups excluding carboxylic acids is 2. The molecule has 0 aliphatic carbocycles. The molecule has 1 aliphatic heterocycles. The summed E-state index contributed by atoms with van der Waals surface area (Å²) in [5, 5.41) is 12.9. The number of amides is 2. The van der Waals surface area contributed by atoms with Crippen molar-refractivity contribution >= 4 is 52.5 Å². The Balaban J connectivity index is 2.04. The molecular weight excluding hydrogens is 453 g/mol. The van der Waals surface area contributed by atoms with Gasteiger partial charge in [-0.15, -0.1) is 0 Å². The van der Waals surface area contributed by atoms with Crippen LogP contribution in [0.2, 0.25) is 10.0 Å².